The molecule has 1 aliphatic heterocycles. The van der Waals surface area contributed by atoms with Gasteiger partial charge in [-0.2, -0.15) is 0 Å². The number of hydrogen-bond donors (Lipinski definition) is 1. The van der Waals surface area contributed by atoms with Gasteiger partial charge in [-0.1, -0.05) is 18.2 Å². The van der Waals surface area contributed by atoms with Crippen molar-refractivity contribution in [3.8, 4) is 0 Å². The molecule has 2 aromatic rings. The number of amides is 1. The van der Waals surface area contributed by atoms with E-state index >= 15 is 0 Å². The zero-order valence-electron chi connectivity index (χ0n) is 12.5. The molecule has 0 bridgehead atoms. The number of benzene rings is 1. The van der Waals surface area contributed by atoms with E-state index in [0.29, 0.717) is 13.1 Å². The zero-order chi connectivity index (χ0) is 14.8. The number of piperazine rings is 1. The molecule has 5 heteroatoms. The molecule has 2 N–H and O–H groups in total. The summed E-state index contributed by atoms with van der Waals surface area (Å²) in [6, 6.07) is 8.12. The molecule has 1 fully saturated rings. The Bertz CT molecular complexity index is 641. The Hall–Kier alpha value is -1.85. The van der Waals surface area contributed by atoms with Crippen LogP contribution in [0.3, 0.4) is 0 Å². The number of fused-ring (bicyclic) bond motifs is 1. The number of nitrogens with two attached hydrogens (primary N) is 1. The number of likely N-dealkylation sites (N-methyl/N-ethyl adjacent to an activating group) is 1. The van der Waals surface area contributed by atoms with Gasteiger partial charge in [-0.3, -0.25) is 4.79 Å². The van der Waals surface area contributed by atoms with Crippen molar-refractivity contribution in [1.82, 2.24) is 14.4 Å². The Labute approximate surface area is 124 Å². The number of aromatic nitrogens is 1. The number of carbonyl (C=O) groups excluding carboxylic acids is 1. The van der Waals surface area contributed by atoms with Gasteiger partial charge in [0.25, 0.3) is 0 Å². The number of nitrogens with zero attached hydrogens (tertiary/aromatic N) is 3. The van der Waals surface area contributed by atoms with Crippen LogP contribution in [0.1, 0.15) is 5.56 Å². The highest BCUT2D eigenvalue weighted by atomic mass is 16.2. The largest absolute Gasteiger partial charge is 0.339 e. The minimum Gasteiger partial charge on any atom is -0.339 e. The first-order valence-electron chi connectivity index (χ1n) is 7.42. The molecule has 3 rings (SSSR count). The summed E-state index contributed by atoms with van der Waals surface area (Å²) in [4.78, 5) is 16.7. The van der Waals surface area contributed by atoms with Gasteiger partial charge in [0.15, 0.2) is 0 Å². The maximum atomic E-state index is 12.5. The lowest BCUT2D eigenvalue weighted by Crippen LogP contribution is -2.48. The van der Waals surface area contributed by atoms with E-state index in [4.69, 9.17) is 5.73 Å². The Morgan fingerprint density at radius 1 is 1.19 bits per heavy atom. The van der Waals surface area contributed by atoms with E-state index in [0.717, 1.165) is 42.6 Å². The molecular weight excluding hydrogens is 264 g/mol. The molecule has 5 nitrogen and oxygen atoms in total. The zero-order valence-corrected chi connectivity index (χ0v) is 12.5. The average Bonchev–Trinajstić information content (AvgIpc) is 2.86. The van der Waals surface area contributed by atoms with Crippen molar-refractivity contribution >= 4 is 16.8 Å². The monoisotopic (exact) mass is 286 g/mol. The van der Waals surface area contributed by atoms with E-state index in [2.05, 4.69) is 18.0 Å². The molecule has 1 amide bonds. The topological polar surface area (TPSA) is 54.5 Å². The molecule has 1 aliphatic rings. The highest BCUT2D eigenvalue weighted by Gasteiger charge is 2.20. The minimum absolute atomic E-state index is 0.187. The van der Waals surface area contributed by atoms with Crippen LogP contribution in [-0.4, -0.2) is 53.5 Å². The minimum atomic E-state index is 0.187. The molecule has 1 saturated heterocycles. The molecule has 2 heterocycles. The average molecular weight is 286 g/mol. The molecule has 0 aliphatic carbocycles. The predicted molar refractivity (Wildman–Crippen MR) is 83.9 cm³/mol. The maximum Gasteiger partial charge on any atom is 0.242 e. The maximum absolute atomic E-state index is 12.5. The molecule has 0 spiro atoms. The second-order valence-electron chi connectivity index (χ2n) is 5.69. The summed E-state index contributed by atoms with van der Waals surface area (Å²) in [5, 5.41) is 1.14. The fraction of sp³-hybridized carbons (Fsp3) is 0.438. The van der Waals surface area contributed by atoms with E-state index in [1.54, 1.807) is 0 Å². The van der Waals surface area contributed by atoms with E-state index in [1.165, 1.54) is 0 Å². The normalized spacial score (nSPS) is 16.6. The van der Waals surface area contributed by atoms with Crippen LogP contribution in [0.2, 0.25) is 0 Å². The van der Waals surface area contributed by atoms with Crippen molar-refractivity contribution < 1.29 is 4.79 Å². The molecule has 0 radical (unpaired) electrons. The lowest BCUT2D eigenvalue weighted by atomic mass is 10.2. The lowest BCUT2D eigenvalue weighted by Gasteiger charge is -2.32. The summed E-state index contributed by atoms with van der Waals surface area (Å²) in [5.74, 6) is 0.187. The summed E-state index contributed by atoms with van der Waals surface area (Å²) in [5.41, 5.74) is 7.98. The summed E-state index contributed by atoms with van der Waals surface area (Å²) in [6.45, 7) is 4.43. The van der Waals surface area contributed by atoms with Gasteiger partial charge in [-0.15, -0.1) is 0 Å². The Kier molecular flexibility index (Phi) is 3.94. The number of carbonyl (C=O) groups is 1. The van der Waals surface area contributed by atoms with Crippen molar-refractivity contribution in [1.29, 1.82) is 0 Å². The van der Waals surface area contributed by atoms with E-state index in [1.807, 2.05) is 33.9 Å². The Morgan fingerprint density at radius 2 is 1.90 bits per heavy atom. The van der Waals surface area contributed by atoms with Crippen LogP contribution < -0.4 is 5.73 Å². The Balaban J connectivity index is 1.80. The highest BCUT2D eigenvalue weighted by Crippen LogP contribution is 2.21. The van der Waals surface area contributed by atoms with Gasteiger partial charge >= 0.3 is 0 Å². The third kappa shape index (κ3) is 2.80. The van der Waals surface area contributed by atoms with Crippen molar-refractivity contribution in [2.24, 2.45) is 5.73 Å². The summed E-state index contributed by atoms with van der Waals surface area (Å²) < 4.78 is 2.03. The number of hydrogen-bond acceptors (Lipinski definition) is 3. The van der Waals surface area contributed by atoms with Gasteiger partial charge < -0.3 is 20.1 Å². The number of rotatable bonds is 3. The quantitative estimate of drug-likeness (QED) is 0.911. The van der Waals surface area contributed by atoms with Gasteiger partial charge in [0.2, 0.25) is 5.91 Å². The van der Waals surface area contributed by atoms with Crippen molar-refractivity contribution in [3.05, 3.63) is 36.0 Å². The van der Waals surface area contributed by atoms with Gasteiger partial charge in [0.1, 0.15) is 6.54 Å². The summed E-state index contributed by atoms with van der Waals surface area (Å²) >= 11 is 0. The molecule has 1 aromatic carbocycles. The first kappa shape index (κ1) is 14.1. The molecule has 1 aromatic heterocycles. The number of para-hydroxylation sites is 1. The van der Waals surface area contributed by atoms with Crippen LogP contribution in [0.15, 0.2) is 30.5 Å². The van der Waals surface area contributed by atoms with Crippen LogP contribution in [-0.2, 0) is 17.9 Å². The SMILES string of the molecule is CN1CCN(C(=O)Cn2cc(CN)c3ccccc32)CC1. The molecule has 0 saturated carbocycles. The lowest BCUT2D eigenvalue weighted by molar-refractivity contribution is -0.133. The van der Waals surface area contributed by atoms with Gasteiger partial charge in [-0.25, -0.2) is 0 Å². The molecule has 0 atom stereocenters. The van der Waals surface area contributed by atoms with Gasteiger partial charge in [-0.05, 0) is 18.7 Å². The molecule has 0 unspecified atom stereocenters. The van der Waals surface area contributed by atoms with Crippen molar-refractivity contribution in [2.75, 3.05) is 33.2 Å². The molecular formula is C16H22N4O. The second-order valence-corrected chi connectivity index (χ2v) is 5.69. The third-order valence-corrected chi connectivity index (χ3v) is 4.25. The van der Waals surface area contributed by atoms with Crippen LogP contribution in [0.25, 0.3) is 10.9 Å². The van der Waals surface area contributed by atoms with Crippen LogP contribution in [0.4, 0.5) is 0 Å². The molecule has 21 heavy (non-hydrogen) atoms. The van der Waals surface area contributed by atoms with Gasteiger partial charge in [0.05, 0.1) is 0 Å². The van der Waals surface area contributed by atoms with E-state index in [-0.39, 0.29) is 5.91 Å². The first-order valence-corrected chi connectivity index (χ1v) is 7.42. The predicted octanol–water partition coefficient (Wildman–Crippen LogP) is 0.874. The van der Waals surface area contributed by atoms with Crippen LogP contribution in [0.5, 0.6) is 0 Å². The second kappa shape index (κ2) is 5.87. The van der Waals surface area contributed by atoms with Crippen LogP contribution in [0, 0.1) is 0 Å². The highest BCUT2D eigenvalue weighted by molar-refractivity contribution is 5.86. The van der Waals surface area contributed by atoms with E-state index < -0.39 is 0 Å². The van der Waals surface area contributed by atoms with Crippen molar-refractivity contribution in [2.45, 2.75) is 13.1 Å². The standard InChI is InChI=1S/C16H22N4O/c1-18-6-8-19(9-7-18)16(21)12-20-11-13(10-17)14-4-2-3-5-15(14)20/h2-5,11H,6-10,12,17H2,1H3. The van der Waals surface area contributed by atoms with Crippen LogP contribution >= 0.6 is 0 Å². The smallest absolute Gasteiger partial charge is 0.242 e. The fourth-order valence-corrected chi connectivity index (χ4v) is 2.92. The third-order valence-electron chi connectivity index (χ3n) is 4.25. The first-order chi connectivity index (χ1) is 10.2. The van der Waals surface area contributed by atoms with Crippen molar-refractivity contribution in [3.63, 3.8) is 0 Å². The fourth-order valence-electron chi connectivity index (χ4n) is 2.92. The Morgan fingerprint density at radius 3 is 2.62 bits per heavy atom. The molecule has 112 valence electrons. The van der Waals surface area contributed by atoms with E-state index in [9.17, 15) is 4.79 Å². The summed E-state index contributed by atoms with van der Waals surface area (Å²) in [7, 11) is 2.09. The van der Waals surface area contributed by atoms with Gasteiger partial charge in [0, 0.05) is 49.8 Å². The summed E-state index contributed by atoms with van der Waals surface area (Å²) in [6.07, 6.45) is 2.01.